The number of nitrogens with zero attached hydrogens (tertiary/aromatic N) is 4. The number of imidazole rings is 1. The molecule has 6 heteroatoms. The Morgan fingerprint density at radius 1 is 1.42 bits per heavy atom. The molecule has 0 amide bonds. The van der Waals surface area contributed by atoms with Gasteiger partial charge in [0.25, 0.3) is 0 Å². The molecule has 5 nitrogen and oxygen atoms in total. The van der Waals surface area contributed by atoms with E-state index in [0.717, 1.165) is 49.8 Å². The first-order valence-corrected chi connectivity index (χ1v) is 9.58. The highest BCUT2D eigenvalue weighted by Crippen LogP contribution is 2.21. The Bertz CT molecular complexity index is 701. The summed E-state index contributed by atoms with van der Waals surface area (Å²) in [6.07, 6.45) is 5.24. The Balaban J connectivity index is 1.68. The van der Waals surface area contributed by atoms with Gasteiger partial charge in [0.15, 0.2) is 4.96 Å². The van der Waals surface area contributed by atoms with Crippen LogP contribution >= 0.6 is 11.3 Å². The van der Waals surface area contributed by atoms with Gasteiger partial charge in [-0.3, -0.25) is 14.2 Å². The van der Waals surface area contributed by atoms with E-state index in [1.165, 1.54) is 11.3 Å². The first kappa shape index (κ1) is 17.6. The number of aliphatic hydroxyl groups excluding tert-OH is 1. The van der Waals surface area contributed by atoms with Gasteiger partial charge in [-0.2, -0.15) is 0 Å². The molecule has 132 valence electrons. The maximum atomic E-state index is 9.44. The molecule has 2 aromatic rings. The Labute approximate surface area is 148 Å². The van der Waals surface area contributed by atoms with Crippen molar-refractivity contribution in [3.63, 3.8) is 0 Å². The number of hydrogen-bond acceptors (Lipinski definition) is 5. The fraction of sp³-hybridized carbons (Fsp3) is 0.611. The van der Waals surface area contributed by atoms with Crippen LogP contribution in [0, 0.1) is 6.92 Å². The molecule has 0 radical (unpaired) electrons. The van der Waals surface area contributed by atoms with Crippen molar-refractivity contribution in [1.29, 1.82) is 0 Å². The van der Waals surface area contributed by atoms with E-state index in [4.69, 9.17) is 0 Å². The lowest BCUT2D eigenvalue weighted by Crippen LogP contribution is -2.53. The van der Waals surface area contributed by atoms with Crippen LogP contribution < -0.4 is 0 Å². The van der Waals surface area contributed by atoms with Crippen LogP contribution in [0.15, 0.2) is 23.2 Å². The molecule has 1 saturated heterocycles. The summed E-state index contributed by atoms with van der Waals surface area (Å²) >= 11 is 1.69. The lowest BCUT2D eigenvalue weighted by atomic mass is 10.1. The van der Waals surface area contributed by atoms with E-state index < -0.39 is 0 Å². The van der Waals surface area contributed by atoms with Gasteiger partial charge in [-0.05, 0) is 27.2 Å². The number of aryl methyl sites for hydroxylation is 1. The fourth-order valence-electron chi connectivity index (χ4n) is 3.41. The van der Waals surface area contributed by atoms with Crippen LogP contribution in [0.3, 0.4) is 0 Å². The smallest absolute Gasteiger partial charge is 0.194 e. The van der Waals surface area contributed by atoms with Crippen molar-refractivity contribution in [3.8, 4) is 0 Å². The number of thiazole rings is 1. The highest BCUT2D eigenvalue weighted by atomic mass is 32.1. The lowest BCUT2D eigenvalue weighted by molar-refractivity contribution is 0.0628. The predicted octanol–water partition coefficient (Wildman–Crippen LogP) is 2.54. The molecule has 1 atom stereocenters. The van der Waals surface area contributed by atoms with E-state index >= 15 is 0 Å². The SMILES string of the molecule is CC(C)=CCN1CCN(Cc2c(C)nc3sccn23)C[C@@H]1CCO. The van der Waals surface area contributed by atoms with Crippen molar-refractivity contribution in [1.82, 2.24) is 19.2 Å². The molecule has 1 fully saturated rings. The minimum absolute atomic E-state index is 0.254. The van der Waals surface area contributed by atoms with Crippen molar-refractivity contribution in [2.75, 3.05) is 32.8 Å². The van der Waals surface area contributed by atoms with Crippen LogP contribution in [-0.4, -0.2) is 63.1 Å². The molecular weight excluding hydrogens is 320 g/mol. The number of aliphatic hydroxyl groups is 1. The minimum Gasteiger partial charge on any atom is -0.396 e. The summed E-state index contributed by atoms with van der Waals surface area (Å²) in [5.74, 6) is 0. The van der Waals surface area contributed by atoms with Gasteiger partial charge in [-0.15, -0.1) is 11.3 Å². The molecule has 0 saturated carbocycles. The number of allylic oxidation sites excluding steroid dienone is 1. The predicted molar refractivity (Wildman–Crippen MR) is 99.6 cm³/mol. The quantitative estimate of drug-likeness (QED) is 0.815. The largest absolute Gasteiger partial charge is 0.396 e. The topological polar surface area (TPSA) is 44.0 Å². The van der Waals surface area contributed by atoms with Gasteiger partial charge in [0.2, 0.25) is 0 Å². The normalized spacial score (nSPS) is 19.9. The molecule has 3 rings (SSSR count). The minimum atomic E-state index is 0.254. The standard InChI is InChI=1S/C18H28N4OS/c1-14(2)4-6-21-8-7-20(12-16(21)5-10-23)13-17-15(3)19-18-22(17)9-11-24-18/h4,9,11,16,23H,5-8,10,12-13H2,1-3H3/t16-/m0/s1. The summed E-state index contributed by atoms with van der Waals surface area (Å²) in [5, 5.41) is 11.5. The maximum absolute atomic E-state index is 9.44. The third kappa shape index (κ3) is 3.88. The first-order chi connectivity index (χ1) is 11.6. The van der Waals surface area contributed by atoms with Crippen LogP contribution in [0.5, 0.6) is 0 Å². The molecule has 3 heterocycles. The third-order valence-electron chi connectivity index (χ3n) is 4.82. The zero-order chi connectivity index (χ0) is 17.1. The van der Waals surface area contributed by atoms with Crippen molar-refractivity contribution in [2.45, 2.75) is 39.8 Å². The van der Waals surface area contributed by atoms with E-state index in [2.05, 4.69) is 57.6 Å². The zero-order valence-electron chi connectivity index (χ0n) is 14.9. The summed E-state index contributed by atoms with van der Waals surface area (Å²) in [7, 11) is 0. The molecule has 1 aliphatic rings. The number of hydrogen-bond donors (Lipinski definition) is 1. The molecule has 0 aromatic carbocycles. The second-order valence-corrected chi connectivity index (χ2v) is 7.75. The Hall–Kier alpha value is -1.21. The second kappa shape index (κ2) is 7.78. The lowest BCUT2D eigenvalue weighted by Gasteiger charge is -2.41. The summed E-state index contributed by atoms with van der Waals surface area (Å²) in [6, 6.07) is 0.422. The van der Waals surface area contributed by atoms with E-state index in [-0.39, 0.29) is 6.61 Å². The monoisotopic (exact) mass is 348 g/mol. The van der Waals surface area contributed by atoms with E-state index in [1.54, 1.807) is 11.3 Å². The van der Waals surface area contributed by atoms with Crippen LogP contribution in [-0.2, 0) is 6.54 Å². The van der Waals surface area contributed by atoms with E-state index in [9.17, 15) is 5.11 Å². The van der Waals surface area contributed by atoms with Gasteiger partial charge < -0.3 is 5.11 Å². The number of aromatic nitrogens is 2. The highest BCUT2D eigenvalue weighted by molar-refractivity contribution is 7.15. The number of rotatable bonds is 6. The zero-order valence-corrected chi connectivity index (χ0v) is 15.7. The Kier molecular flexibility index (Phi) is 5.71. The fourth-order valence-corrected chi connectivity index (χ4v) is 4.19. The van der Waals surface area contributed by atoms with Crippen LogP contribution in [0.2, 0.25) is 0 Å². The van der Waals surface area contributed by atoms with Crippen molar-refractivity contribution in [2.24, 2.45) is 0 Å². The molecule has 0 unspecified atom stereocenters. The number of piperazine rings is 1. The molecule has 24 heavy (non-hydrogen) atoms. The highest BCUT2D eigenvalue weighted by Gasteiger charge is 2.27. The molecule has 1 aliphatic heterocycles. The maximum Gasteiger partial charge on any atom is 0.194 e. The van der Waals surface area contributed by atoms with E-state index in [0.29, 0.717) is 6.04 Å². The van der Waals surface area contributed by atoms with Crippen molar-refractivity contribution in [3.05, 3.63) is 34.6 Å². The number of fused-ring (bicyclic) bond motifs is 1. The van der Waals surface area contributed by atoms with Crippen LogP contribution in [0.25, 0.3) is 4.96 Å². The van der Waals surface area contributed by atoms with Gasteiger partial charge in [-0.25, -0.2) is 4.98 Å². The van der Waals surface area contributed by atoms with Gasteiger partial charge in [0.05, 0.1) is 11.4 Å². The van der Waals surface area contributed by atoms with Gasteiger partial charge >= 0.3 is 0 Å². The molecule has 0 spiro atoms. The van der Waals surface area contributed by atoms with Crippen LogP contribution in [0.1, 0.15) is 31.7 Å². The summed E-state index contributed by atoms with van der Waals surface area (Å²) in [4.78, 5) is 10.7. The average molecular weight is 349 g/mol. The summed E-state index contributed by atoms with van der Waals surface area (Å²) < 4.78 is 2.22. The van der Waals surface area contributed by atoms with E-state index in [1.807, 2.05) is 0 Å². The molecule has 1 N–H and O–H groups in total. The van der Waals surface area contributed by atoms with Crippen LogP contribution in [0.4, 0.5) is 0 Å². The molecule has 2 aromatic heterocycles. The third-order valence-corrected chi connectivity index (χ3v) is 5.58. The van der Waals surface area contributed by atoms with Crippen molar-refractivity contribution < 1.29 is 5.11 Å². The Morgan fingerprint density at radius 3 is 3.00 bits per heavy atom. The summed E-state index contributed by atoms with van der Waals surface area (Å²) in [5.41, 5.74) is 3.79. The second-order valence-electron chi connectivity index (χ2n) is 6.88. The van der Waals surface area contributed by atoms with Gasteiger partial charge in [0, 0.05) is 56.9 Å². The molecular formula is C18H28N4OS. The van der Waals surface area contributed by atoms with Gasteiger partial charge in [-0.1, -0.05) is 11.6 Å². The van der Waals surface area contributed by atoms with Crippen molar-refractivity contribution >= 4 is 16.3 Å². The molecule has 0 bridgehead atoms. The average Bonchev–Trinajstić information content (AvgIpc) is 3.09. The Morgan fingerprint density at radius 2 is 2.25 bits per heavy atom. The van der Waals surface area contributed by atoms with Gasteiger partial charge in [0.1, 0.15) is 0 Å². The summed E-state index contributed by atoms with van der Waals surface area (Å²) in [6.45, 7) is 11.7. The first-order valence-electron chi connectivity index (χ1n) is 8.70. The molecule has 0 aliphatic carbocycles.